The lowest BCUT2D eigenvalue weighted by molar-refractivity contribution is -0.154. The normalized spacial score (nSPS) is 31.1. The molecule has 0 atom stereocenters. The standard InChI is InChI=1S/C9H9ClO4/c10-7-2-1-6(14-7)9(8(12)13)3-5(11)4-9/h1-2,5,11H,3-4H2,(H,12,13). The number of furan rings is 1. The number of carboxylic acids is 1. The average molecular weight is 217 g/mol. The lowest BCUT2D eigenvalue weighted by Crippen LogP contribution is -2.50. The third kappa shape index (κ3) is 1.22. The molecule has 1 aromatic heterocycles. The highest BCUT2D eigenvalue weighted by molar-refractivity contribution is 6.28. The fraction of sp³-hybridized carbons (Fsp3) is 0.444. The molecule has 1 heterocycles. The number of carboxylic acid groups (broad SMARTS) is 1. The van der Waals surface area contributed by atoms with Gasteiger partial charge in [0.25, 0.3) is 0 Å². The van der Waals surface area contributed by atoms with Crippen molar-refractivity contribution >= 4 is 17.6 Å². The molecule has 0 unspecified atom stereocenters. The third-order valence-electron chi connectivity index (χ3n) is 2.62. The van der Waals surface area contributed by atoms with E-state index in [0.717, 1.165) is 0 Å². The lowest BCUT2D eigenvalue weighted by Gasteiger charge is -2.39. The van der Waals surface area contributed by atoms with Gasteiger partial charge in [-0.15, -0.1) is 0 Å². The summed E-state index contributed by atoms with van der Waals surface area (Å²) in [6.07, 6.45) is -0.187. The van der Waals surface area contributed by atoms with Gasteiger partial charge >= 0.3 is 5.97 Å². The van der Waals surface area contributed by atoms with Crippen molar-refractivity contribution < 1.29 is 19.4 Å². The van der Waals surface area contributed by atoms with E-state index in [1.54, 1.807) is 6.07 Å². The molecule has 14 heavy (non-hydrogen) atoms. The van der Waals surface area contributed by atoms with Crippen LogP contribution >= 0.6 is 11.6 Å². The first kappa shape index (κ1) is 9.55. The molecule has 2 N–H and O–H groups in total. The van der Waals surface area contributed by atoms with E-state index in [1.807, 2.05) is 0 Å². The molecule has 76 valence electrons. The number of hydrogen-bond donors (Lipinski definition) is 2. The Morgan fingerprint density at radius 2 is 2.21 bits per heavy atom. The fourth-order valence-corrected chi connectivity index (χ4v) is 1.94. The summed E-state index contributed by atoms with van der Waals surface area (Å²) in [4.78, 5) is 11.0. The van der Waals surface area contributed by atoms with Crippen molar-refractivity contribution in [3.8, 4) is 0 Å². The highest BCUT2D eigenvalue weighted by atomic mass is 35.5. The van der Waals surface area contributed by atoms with Gasteiger partial charge in [0.15, 0.2) is 5.22 Å². The molecule has 0 saturated heterocycles. The predicted octanol–water partition coefficient (Wildman–Crippen LogP) is 1.41. The molecule has 1 aliphatic rings. The number of carbonyl (C=O) groups is 1. The van der Waals surface area contributed by atoms with Crippen molar-refractivity contribution in [2.24, 2.45) is 0 Å². The van der Waals surface area contributed by atoms with E-state index >= 15 is 0 Å². The van der Waals surface area contributed by atoms with Crippen LogP contribution < -0.4 is 0 Å². The molecule has 1 saturated carbocycles. The maximum absolute atomic E-state index is 11.0. The van der Waals surface area contributed by atoms with Crippen LogP contribution in [0, 0.1) is 0 Å². The topological polar surface area (TPSA) is 70.7 Å². The molecule has 0 aromatic carbocycles. The Morgan fingerprint density at radius 3 is 2.57 bits per heavy atom. The molecule has 4 nitrogen and oxygen atoms in total. The first-order valence-electron chi connectivity index (χ1n) is 4.22. The van der Waals surface area contributed by atoms with E-state index < -0.39 is 17.5 Å². The Hall–Kier alpha value is -1.00. The number of halogens is 1. The Labute approximate surface area is 85.1 Å². The molecule has 0 aliphatic heterocycles. The quantitative estimate of drug-likeness (QED) is 0.784. The Bertz CT molecular complexity index is 365. The number of aliphatic hydroxyl groups excluding tert-OH is 1. The summed E-state index contributed by atoms with van der Waals surface area (Å²) >= 11 is 5.57. The van der Waals surface area contributed by atoms with Crippen LogP contribution in [-0.2, 0) is 10.2 Å². The number of rotatable bonds is 2. The first-order valence-corrected chi connectivity index (χ1v) is 4.60. The van der Waals surface area contributed by atoms with Crippen LogP contribution in [0.1, 0.15) is 18.6 Å². The summed E-state index contributed by atoms with van der Waals surface area (Å²) in [7, 11) is 0. The minimum Gasteiger partial charge on any atom is -0.480 e. The highest BCUT2D eigenvalue weighted by Crippen LogP contribution is 2.45. The molecule has 1 aromatic rings. The first-order chi connectivity index (χ1) is 6.54. The van der Waals surface area contributed by atoms with Gasteiger partial charge in [-0.25, -0.2) is 0 Å². The molecule has 5 heteroatoms. The number of aliphatic hydroxyl groups is 1. The number of hydrogen-bond acceptors (Lipinski definition) is 3. The molecule has 1 aliphatic carbocycles. The van der Waals surface area contributed by atoms with E-state index in [2.05, 4.69) is 0 Å². The Morgan fingerprint density at radius 1 is 1.57 bits per heavy atom. The van der Waals surface area contributed by atoms with E-state index in [9.17, 15) is 4.79 Å². The largest absolute Gasteiger partial charge is 0.480 e. The van der Waals surface area contributed by atoms with Crippen molar-refractivity contribution in [2.75, 3.05) is 0 Å². The van der Waals surface area contributed by atoms with Crippen LogP contribution in [0.5, 0.6) is 0 Å². The van der Waals surface area contributed by atoms with Gasteiger partial charge in [-0.1, -0.05) is 0 Å². The maximum Gasteiger partial charge on any atom is 0.317 e. The van der Waals surface area contributed by atoms with Gasteiger partial charge in [0.1, 0.15) is 11.2 Å². The summed E-state index contributed by atoms with van der Waals surface area (Å²) < 4.78 is 5.07. The molecular weight excluding hydrogens is 208 g/mol. The van der Waals surface area contributed by atoms with E-state index in [-0.39, 0.29) is 18.1 Å². The molecule has 1 fully saturated rings. The van der Waals surface area contributed by atoms with Crippen LogP contribution in [-0.4, -0.2) is 22.3 Å². The summed E-state index contributed by atoms with van der Waals surface area (Å²) in [6.45, 7) is 0. The predicted molar refractivity (Wildman–Crippen MR) is 48.3 cm³/mol. The molecule has 0 spiro atoms. The third-order valence-corrected chi connectivity index (χ3v) is 2.83. The monoisotopic (exact) mass is 216 g/mol. The van der Waals surface area contributed by atoms with Crippen LogP contribution in [0.15, 0.2) is 16.5 Å². The maximum atomic E-state index is 11.0. The Balaban J connectivity index is 2.34. The molecule has 0 bridgehead atoms. The van der Waals surface area contributed by atoms with Gasteiger partial charge in [0, 0.05) is 0 Å². The summed E-state index contributed by atoms with van der Waals surface area (Å²) in [6, 6.07) is 3.05. The van der Waals surface area contributed by atoms with Crippen molar-refractivity contribution in [3.63, 3.8) is 0 Å². The molecule has 2 rings (SSSR count). The molecule has 0 radical (unpaired) electrons. The second-order valence-corrected chi connectivity index (χ2v) is 3.93. The second-order valence-electron chi connectivity index (χ2n) is 3.55. The SMILES string of the molecule is O=C(O)C1(c2ccc(Cl)o2)CC(O)C1. The second kappa shape index (κ2) is 3.00. The molecule has 0 amide bonds. The van der Waals surface area contributed by atoms with Gasteiger partial charge in [-0.05, 0) is 36.6 Å². The van der Waals surface area contributed by atoms with Gasteiger partial charge in [-0.3, -0.25) is 4.79 Å². The van der Waals surface area contributed by atoms with Crippen molar-refractivity contribution in [2.45, 2.75) is 24.4 Å². The van der Waals surface area contributed by atoms with Crippen molar-refractivity contribution in [3.05, 3.63) is 23.1 Å². The van der Waals surface area contributed by atoms with Gasteiger partial charge < -0.3 is 14.6 Å². The van der Waals surface area contributed by atoms with Crippen molar-refractivity contribution in [1.82, 2.24) is 0 Å². The van der Waals surface area contributed by atoms with Crippen LogP contribution in [0.3, 0.4) is 0 Å². The zero-order valence-corrected chi connectivity index (χ0v) is 7.99. The number of aliphatic carboxylic acids is 1. The molecular formula is C9H9ClO4. The van der Waals surface area contributed by atoms with E-state index in [0.29, 0.717) is 5.76 Å². The van der Waals surface area contributed by atoms with Crippen molar-refractivity contribution in [1.29, 1.82) is 0 Å². The van der Waals surface area contributed by atoms with Crippen LogP contribution in [0.2, 0.25) is 5.22 Å². The van der Waals surface area contributed by atoms with Crippen LogP contribution in [0.25, 0.3) is 0 Å². The highest BCUT2D eigenvalue weighted by Gasteiger charge is 2.53. The average Bonchev–Trinajstić information content (AvgIpc) is 2.45. The van der Waals surface area contributed by atoms with Gasteiger partial charge in [0.2, 0.25) is 0 Å². The summed E-state index contributed by atoms with van der Waals surface area (Å²) in [5.74, 6) is -0.658. The smallest absolute Gasteiger partial charge is 0.317 e. The fourth-order valence-electron chi connectivity index (χ4n) is 1.80. The zero-order chi connectivity index (χ0) is 10.3. The lowest BCUT2D eigenvalue weighted by atomic mass is 9.65. The minimum absolute atomic E-state index is 0.169. The van der Waals surface area contributed by atoms with E-state index in [1.165, 1.54) is 6.07 Å². The summed E-state index contributed by atoms with van der Waals surface area (Å²) in [5.41, 5.74) is -1.08. The van der Waals surface area contributed by atoms with Gasteiger partial charge in [0.05, 0.1) is 6.10 Å². The minimum atomic E-state index is -1.08. The van der Waals surface area contributed by atoms with Gasteiger partial charge in [-0.2, -0.15) is 0 Å². The summed E-state index contributed by atoms with van der Waals surface area (Å²) in [5, 5.41) is 18.4. The Kier molecular flexibility index (Phi) is 2.05. The van der Waals surface area contributed by atoms with Crippen LogP contribution in [0.4, 0.5) is 0 Å². The van der Waals surface area contributed by atoms with E-state index in [4.69, 9.17) is 26.2 Å². The zero-order valence-electron chi connectivity index (χ0n) is 7.24.